The van der Waals surface area contributed by atoms with Crippen LogP contribution < -0.4 is 15.5 Å². The highest BCUT2D eigenvalue weighted by Gasteiger charge is 2.31. The molecule has 0 bridgehead atoms. The molecule has 39 heavy (non-hydrogen) atoms. The van der Waals surface area contributed by atoms with E-state index in [0.29, 0.717) is 44.1 Å². The molecule has 206 valence electrons. The second-order valence-corrected chi connectivity index (χ2v) is 9.97. The van der Waals surface area contributed by atoms with Gasteiger partial charge in [0.1, 0.15) is 18.4 Å². The number of ether oxygens (including phenoxy) is 1. The minimum absolute atomic E-state index is 0.00999. The van der Waals surface area contributed by atoms with Gasteiger partial charge in [0.15, 0.2) is 0 Å². The van der Waals surface area contributed by atoms with Crippen molar-refractivity contribution in [2.45, 2.75) is 33.4 Å². The number of hydroxylamine groups is 1. The molecule has 3 amide bonds. The number of rotatable bonds is 9. The highest BCUT2D eigenvalue weighted by atomic mass is 16.5. The van der Waals surface area contributed by atoms with Gasteiger partial charge in [-0.25, -0.2) is 5.48 Å². The van der Waals surface area contributed by atoms with E-state index in [4.69, 9.17) is 4.74 Å². The van der Waals surface area contributed by atoms with Crippen molar-refractivity contribution in [3.8, 4) is 5.75 Å². The molecule has 1 aromatic heterocycles. The molecule has 0 radical (unpaired) electrons. The Bertz CT molecular complexity index is 1320. The Morgan fingerprint density at radius 3 is 2.38 bits per heavy atom. The number of benzene rings is 2. The van der Waals surface area contributed by atoms with E-state index in [9.17, 15) is 19.6 Å². The molecule has 1 fully saturated rings. The predicted octanol–water partition coefficient (Wildman–Crippen LogP) is 2.53. The molecule has 1 atom stereocenters. The first-order valence-corrected chi connectivity index (χ1v) is 13.1. The van der Waals surface area contributed by atoms with Crippen molar-refractivity contribution in [2.75, 3.05) is 32.7 Å². The number of amides is 3. The lowest BCUT2D eigenvalue weighted by atomic mass is 10.1. The Balaban J connectivity index is 1.33. The molecule has 1 saturated heterocycles. The molecule has 1 aliphatic heterocycles. The topological polar surface area (TPSA) is 124 Å². The third kappa shape index (κ3) is 6.90. The van der Waals surface area contributed by atoms with E-state index in [1.54, 1.807) is 34.6 Å². The van der Waals surface area contributed by atoms with Gasteiger partial charge in [0, 0.05) is 60.8 Å². The zero-order valence-corrected chi connectivity index (χ0v) is 22.5. The number of nitrogens with zero attached hydrogens (tertiary/aromatic N) is 3. The van der Waals surface area contributed by atoms with Crippen molar-refractivity contribution in [3.05, 3.63) is 71.4 Å². The van der Waals surface area contributed by atoms with Crippen LogP contribution >= 0.6 is 0 Å². The minimum atomic E-state index is -0.767. The van der Waals surface area contributed by atoms with Crippen molar-refractivity contribution < 1.29 is 24.3 Å². The minimum Gasteiger partial charge on any atom is -0.489 e. The summed E-state index contributed by atoms with van der Waals surface area (Å²) in [7, 11) is 0. The molecule has 0 saturated carbocycles. The average Bonchev–Trinajstić information content (AvgIpc) is 2.95. The Labute approximate surface area is 227 Å². The lowest BCUT2D eigenvalue weighted by Gasteiger charge is -2.38. The van der Waals surface area contributed by atoms with Crippen molar-refractivity contribution in [1.82, 2.24) is 25.6 Å². The number of nitrogens with one attached hydrogen (secondary N) is 2. The number of piperazine rings is 1. The van der Waals surface area contributed by atoms with Gasteiger partial charge in [-0.05, 0) is 43.3 Å². The third-order valence-corrected chi connectivity index (χ3v) is 6.87. The van der Waals surface area contributed by atoms with E-state index in [0.717, 1.165) is 22.2 Å². The predicted molar refractivity (Wildman–Crippen MR) is 146 cm³/mol. The zero-order valence-electron chi connectivity index (χ0n) is 22.5. The summed E-state index contributed by atoms with van der Waals surface area (Å²) in [6.45, 7) is 7.93. The van der Waals surface area contributed by atoms with Crippen LogP contribution in [0, 0.1) is 12.8 Å². The summed E-state index contributed by atoms with van der Waals surface area (Å²) in [5.74, 6) is -0.355. The van der Waals surface area contributed by atoms with Gasteiger partial charge in [0.2, 0.25) is 5.91 Å². The monoisotopic (exact) mass is 533 g/mol. The normalized spacial score (nSPS) is 14.7. The zero-order chi connectivity index (χ0) is 27.9. The molecule has 0 spiro atoms. The number of carbonyl (C=O) groups excluding carboxylic acids is 3. The summed E-state index contributed by atoms with van der Waals surface area (Å²) in [6.07, 6.45) is 0. The summed E-state index contributed by atoms with van der Waals surface area (Å²) in [5.41, 5.74) is 4.98. The van der Waals surface area contributed by atoms with Gasteiger partial charge in [-0.3, -0.25) is 29.5 Å². The van der Waals surface area contributed by atoms with Gasteiger partial charge in [0.25, 0.3) is 11.8 Å². The molecule has 1 unspecified atom stereocenters. The van der Waals surface area contributed by atoms with Gasteiger partial charge in [-0.2, -0.15) is 0 Å². The van der Waals surface area contributed by atoms with Crippen LogP contribution in [0.2, 0.25) is 0 Å². The van der Waals surface area contributed by atoms with Crippen LogP contribution in [0.3, 0.4) is 0 Å². The smallest absolute Gasteiger partial charge is 0.262 e. The maximum Gasteiger partial charge on any atom is 0.262 e. The van der Waals surface area contributed by atoms with E-state index >= 15 is 0 Å². The van der Waals surface area contributed by atoms with Crippen molar-refractivity contribution in [2.24, 2.45) is 5.92 Å². The molecule has 0 aliphatic carbocycles. The number of carbonyl (C=O) groups is 3. The highest BCUT2D eigenvalue weighted by Crippen LogP contribution is 2.21. The van der Waals surface area contributed by atoms with E-state index in [-0.39, 0.29) is 24.3 Å². The highest BCUT2D eigenvalue weighted by molar-refractivity contribution is 5.94. The summed E-state index contributed by atoms with van der Waals surface area (Å²) < 4.78 is 5.98. The van der Waals surface area contributed by atoms with Crippen LogP contribution in [0.4, 0.5) is 0 Å². The summed E-state index contributed by atoms with van der Waals surface area (Å²) >= 11 is 0. The fourth-order valence-corrected chi connectivity index (χ4v) is 4.75. The molecular formula is C29H35N5O5. The van der Waals surface area contributed by atoms with Gasteiger partial charge in [0.05, 0.1) is 5.52 Å². The number of fused-ring (bicyclic) bond motifs is 1. The van der Waals surface area contributed by atoms with Crippen LogP contribution in [0.25, 0.3) is 10.9 Å². The first-order chi connectivity index (χ1) is 18.8. The van der Waals surface area contributed by atoms with E-state index in [2.05, 4.69) is 10.3 Å². The molecule has 2 aromatic carbocycles. The number of aromatic nitrogens is 1. The molecule has 1 aliphatic rings. The van der Waals surface area contributed by atoms with Crippen molar-refractivity contribution in [1.29, 1.82) is 0 Å². The summed E-state index contributed by atoms with van der Waals surface area (Å²) in [4.78, 5) is 45.6. The first-order valence-electron chi connectivity index (χ1n) is 13.1. The Kier molecular flexibility index (Phi) is 9.11. The first kappa shape index (κ1) is 28.0. The van der Waals surface area contributed by atoms with Gasteiger partial charge in [-0.15, -0.1) is 0 Å². The number of para-hydroxylation sites is 1. The van der Waals surface area contributed by atoms with Crippen LogP contribution in [-0.4, -0.2) is 76.5 Å². The molecule has 10 nitrogen and oxygen atoms in total. The SMILES string of the molecule is Cc1cc(COc2ccc(C(=O)NCC(C(=O)NO)N3CCN(C(=O)C(C)C)CC3)cc2)c2ccccc2n1. The maximum absolute atomic E-state index is 12.8. The molecule has 4 rings (SSSR count). The molecule has 3 aromatic rings. The summed E-state index contributed by atoms with van der Waals surface area (Å²) in [6, 6.07) is 15.9. The van der Waals surface area contributed by atoms with Crippen molar-refractivity contribution in [3.63, 3.8) is 0 Å². The standard InChI is InChI=1S/C29H35N5O5/c1-19(2)29(37)34-14-12-33(13-15-34)26(28(36)32-38)17-30-27(35)21-8-10-23(11-9-21)39-18-22-16-20(3)31-25-7-5-4-6-24(22)25/h4-11,16,19,26,38H,12-15,17-18H2,1-3H3,(H,30,35)(H,32,36). The number of hydrogen-bond acceptors (Lipinski definition) is 7. The van der Waals surface area contributed by atoms with Crippen LogP contribution in [0.15, 0.2) is 54.6 Å². The van der Waals surface area contributed by atoms with Gasteiger partial charge < -0.3 is 15.0 Å². The quantitative estimate of drug-likeness (QED) is 0.285. The van der Waals surface area contributed by atoms with Gasteiger partial charge in [-0.1, -0.05) is 32.0 Å². The van der Waals surface area contributed by atoms with Gasteiger partial charge >= 0.3 is 0 Å². The van der Waals surface area contributed by atoms with Crippen LogP contribution in [-0.2, 0) is 16.2 Å². The second kappa shape index (κ2) is 12.7. The van der Waals surface area contributed by atoms with E-state index in [1.807, 2.05) is 56.0 Å². The maximum atomic E-state index is 12.8. The Hall–Kier alpha value is -4.02. The molecule has 10 heteroatoms. The number of aryl methyl sites for hydroxylation is 1. The van der Waals surface area contributed by atoms with E-state index in [1.165, 1.54) is 0 Å². The molecule has 3 N–H and O–H groups in total. The fraction of sp³-hybridized carbons (Fsp3) is 0.379. The lowest BCUT2D eigenvalue weighted by Crippen LogP contribution is -2.59. The summed E-state index contributed by atoms with van der Waals surface area (Å²) in [5, 5.41) is 13.1. The number of hydrogen-bond donors (Lipinski definition) is 3. The second-order valence-electron chi connectivity index (χ2n) is 9.97. The van der Waals surface area contributed by atoms with E-state index < -0.39 is 11.9 Å². The average molecular weight is 534 g/mol. The Morgan fingerprint density at radius 1 is 1.03 bits per heavy atom. The number of pyridine rings is 1. The van der Waals surface area contributed by atoms with Crippen LogP contribution in [0.1, 0.15) is 35.5 Å². The molecular weight excluding hydrogens is 498 g/mol. The largest absolute Gasteiger partial charge is 0.489 e. The van der Waals surface area contributed by atoms with Crippen LogP contribution in [0.5, 0.6) is 5.75 Å². The third-order valence-electron chi connectivity index (χ3n) is 6.87. The van der Waals surface area contributed by atoms with Crippen molar-refractivity contribution >= 4 is 28.6 Å². The lowest BCUT2D eigenvalue weighted by molar-refractivity contribution is -0.139. The fourth-order valence-electron chi connectivity index (χ4n) is 4.75. The molecule has 2 heterocycles. The Morgan fingerprint density at radius 2 is 1.72 bits per heavy atom.